The standard InChI is InChI=1S/C18H24N4O/c1-13-11-17(21-22(13)15-8-3-2-4-9-15)18(23)20-16-10-6-5-7-14(16)12-19/h2-4,8-9,11,14,16H,5-7,10,12,19H2,1H3,(H,20,23). The van der Waals surface area contributed by atoms with E-state index in [-0.39, 0.29) is 11.9 Å². The van der Waals surface area contributed by atoms with E-state index < -0.39 is 0 Å². The summed E-state index contributed by atoms with van der Waals surface area (Å²) in [6.45, 7) is 2.59. The zero-order valence-corrected chi connectivity index (χ0v) is 13.5. The van der Waals surface area contributed by atoms with Gasteiger partial charge in [-0.05, 0) is 50.4 Å². The molecule has 1 aliphatic rings. The van der Waals surface area contributed by atoms with E-state index in [1.54, 1.807) is 4.68 Å². The molecular formula is C18H24N4O. The second-order valence-electron chi connectivity index (χ2n) is 6.28. The molecule has 0 radical (unpaired) electrons. The predicted molar refractivity (Wildman–Crippen MR) is 90.6 cm³/mol. The Morgan fingerprint density at radius 3 is 2.78 bits per heavy atom. The Hall–Kier alpha value is -2.14. The summed E-state index contributed by atoms with van der Waals surface area (Å²) in [5, 5.41) is 7.60. The van der Waals surface area contributed by atoms with Gasteiger partial charge in [-0.3, -0.25) is 4.79 Å². The van der Waals surface area contributed by atoms with Gasteiger partial charge in [-0.2, -0.15) is 5.10 Å². The van der Waals surface area contributed by atoms with Crippen molar-refractivity contribution in [3.8, 4) is 5.69 Å². The zero-order valence-electron chi connectivity index (χ0n) is 13.5. The lowest BCUT2D eigenvalue weighted by atomic mass is 9.84. The lowest BCUT2D eigenvalue weighted by Crippen LogP contribution is -2.44. The summed E-state index contributed by atoms with van der Waals surface area (Å²) < 4.78 is 1.80. The quantitative estimate of drug-likeness (QED) is 0.910. The Morgan fingerprint density at radius 2 is 2.04 bits per heavy atom. The Labute approximate surface area is 136 Å². The van der Waals surface area contributed by atoms with Crippen LogP contribution in [-0.2, 0) is 0 Å². The van der Waals surface area contributed by atoms with Crippen LogP contribution in [0.2, 0.25) is 0 Å². The number of aryl methyl sites for hydroxylation is 1. The monoisotopic (exact) mass is 312 g/mol. The van der Waals surface area contributed by atoms with Gasteiger partial charge in [0, 0.05) is 11.7 Å². The van der Waals surface area contributed by atoms with E-state index in [0.29, 0.717) is 18.2 Å². The molecule has 1 heterocycles. The minimum absolute atomic E-state index is 0.104. The van der Waals surface area contributed by atoms with Crippen molar-refractivity contribution in [1.29, 1.82) is 0 Å². The van der Waals surface area contributed by atoms with Gasteiger partial charge >= 0.3 is 0 Å². The number of nitrogens with one attached hydrogen (secondary N) is 1. The number of aromatic nitrogens is 2. The van der Waals surface area contributed by atoms with Crippen LogP contribution in [0.15, 0.2) is 36.4 Å². The van der Waals surface area contributed by atoms with Crippen LogP contribution >= 0.6 is 0 Å². The van der Waals surface area contributed by atoms with E-state index in [2.05, 4.69) is 10.4 Å². The molecule has 0 bridgehead atoms. The third-order valence-electron chi connectivity index (χ3n) is 4.65. The predicted octanol–water partition coefficient (Wildman–Crippen LogP) is 2.43. The number of rotatable bonds is 4. The molecule has 2 atom stereocenters. The first-order valence-electron chi connectivity index (χ1n) is 8.32. The number of carbonyl (C=O) groups is 1. The molecule has 3 N–H and O–H groups in total. The first-order chi connectivity index (χ1) is 11.2. The fourth-order valence-corrected chi connectivity index (χ4v) is 3.34. The highest BCUT2D eigenvalue weighted by atomic mass is 16.2. The summed E-state index contributed by atoms with van der Waals surface area (Å²) in [5.41, 5.74) is 8.21. The van der Waals surface area contributed by atoms with Crippen LogP contribution in [0.25, 0.3) is 5.69 Å². The number of nitrogens with zero attached hydrogens (tertiary/aromatic N) is 2. The van der Waals surface area contributed by atoms with E-state index in [9.17, 15) is 4.79 Å². The minimum atomic E-state index is -0.104. The molecule has 23 heavy (non-hydrogen) atoms. The van der Waals surface area contributed by atoms with Gasteiger partial charge < -0.3 is 11.1 Å². The summed E-state index contributed by atoms with van der Waals surface area (Å²) in [7, 11) is 0. The van der Waals surface area contributed by atoms with Gasteiger partial charge in [-0.25, -0.2) is 4.68 Å². The van der Waals surface area contributed by atoms with Gasteiger partial charge in [0.2, 0.25) is 0 Å². The summed E-state index contributed by atoms with van der Waals surface area (Å²) >= 11 is 0. The van der Waals surface area contributed by atoms with Crippen molar-refractivity contribution in [3.05, 3.63) is 47.8 Å². The van der Waals surface area contributed by atoms with Crippen LogP contribution in [0.4, 0.5) is 0 Å². The van der Waals surface area contributed by atoms with Crippen molar-refractivity contribution in [3.63, 3.8) is 0 Å². The fourth-order valence-electron chi connectivity index (χ4n) is 3.34. The lowest BCUT2D eigenvalue weighted by molar-refractivity contribution is 0.0902. The van der Waals surface area contributed by atoms with Crippen LogP contribution < -0.4 is 11.1 Å². The first kappa shape index (κ1) is 15.7. The summed E-state index contributed by atoms with van der Waals surface area (Å²) in [5.74, 6) is 0.276. The molecule has 1 aliphatic carbocycles. The molecular weight excluding hydrogens is 288 g/mol. The van der Waals surface area contributed by atoms with Crippen molar-refractivity contribution in [2.24, 2.45) is 11.7 Å². The number of hydrogen-bond acceptors (Lipinski definition) is 3. The number of hydrogen-bond donors (Lipinski definition) is 2. The first-order valence-corrected chi connectivity index (χ1v) is 8.32. The van der Waals surface area contributed by atoms with E-state index in [4.69, 9.17) is 5.73 Å². The molecule has 0 spiro atoms. The Bertz CT molecular complexity index is 665. The number of amides is 1. The van der Waals surface area contributed by atoms with Crippen molar-refractivity contribution < 1.29 is 4.79 Å². The van der Waals surface area contributed by atoms with Crippen LogP contribution in [0.1, 0.15) is 41.9 Å². The number of nitrogens with two attached hydrogens (primary N) is 1. The van der Waals surface area contributed by atoms with Crippen molar-refractivity contribution in [2.75, 3.05) is 6.54 Å². The van der Waals surface area contributed by atoms with Crippen LogP contribution in [0.5, 0.6) is 0 Å². The molecule has 1 aromatic heterocycles. The van der Waals surface area contributed by atoms with Crippen LogP contribution in [0.3, 0.4) is 0 Å². The van der Waals surface area contributed by atoms with Crippen molar-refractivity contribution in [1.82, 2.24) is 15.1 Å². The second-order valence-corrected chi connectivity index (χ2v) is 6.28. The highest BCUT2D eigenvalue weighted by molar-refractivity contribution is 5.92. The number of carbonyl (C=O) groups excluding carboxylic acids is 1. The van der Waals surface area contributed by atoms with Gasteiger partial charge in [0.05, 0.1) is 5.69 Å². The molecule has 3 rings (SSSR count). The molecule has 0 saturated heterocycles. The molecule has 1 aromatic carbocycles. The van der Waals surface area contributed by atoms with Gasteiger partial charge in [0.1, 0.15) is 0 Å². The average Bonchev–Trinajstić information content (AvgIpc) is 2.98. The number of benzene rings is 1. The summed E-state index contributed by atoms with van der Waals surface area (Å²) in [6.07, 6.45) is 4.46. The molecule has 1 amide bonds. The second kappa shape index (κ2) is 6.96. The molecule has 2 aromatic rings. The maximum absolute atomic E-state index is 12.5. The van der Waals surface area contributed by atoms with E-state index >= 15 is 0 Å². The SMILES string of the molecule is Cc1cc(C(=O)NC2CCCCC2CN)nn1-c1ccccc1. The fraction of sp³-hybridized carbons (Fsp3) is 0.444. The van der Waals surface area contributed by atoms with Crippen molar-refractivity contribution >= 4 is 5.91 Å². The Balaban J connectivity index is 1.75. The molecule has 5 nitrogen and oxygen atoms in total. The summed E-state index contributed by atoms with van der Waals surface area (Å²) in [4.78, 5) is 12.5. The average molecular weight is 312 g/mol. The molecule has 1 fully saturated rings. The minimum Gasteiger partial charge on any atom is -0.348 e. The Morgan fingerprint density at radius 1 is 1.30 bits per heavy atom. The molecule has 2 unspecified atom stereocenters. The molecule has 1 saturated carbocycles. The highest BCUT2D eigenvalue weighted by Crippen LogP contribution is 2.24. The topological polar surface area (TPSA) is 72.9 Å². The highest BCUT2D eigenvalue weighted by Gasteiger charge is 2.26. The third-order valence-corrected chi connectivity index (χ3v) is 4.65. The van der Waals surface area contributed by atoms with Gasteiger partial charge in [-0.1, -0.05) is 31.0 Å². The van der Waals surface area contributed by atoms with Gasteiger partial charge in [-0.15, -0.1) is 0 Å². The summed E-state index contributed by atoms with van der Waals surface area (Å²) in [6, 6.07) is 11.9. The molecule has 5 heteroatoms. The van der Waals surface area contributed by atoms with Crippen LogP contribution in [-0.4, -0.2) is 28.3 Å². The molecule has 0 aliphatic heterocycles. The maximum atomic E-state index is 12.5. The smallest absolute Gasteiger partial charge is 0.272 e. The van der Waals surface area contributed by atoms with E-state index in [1.165, 1.54) is 6.42 Å². The number of para-hydroxylation sites is 1. The van der Waals surface area contributed by atoms with E-state index in [1.807, 2.05) is 43.3 Å². The van der Waals surface area contributed by atoms with Gasteiger partial charge in [0.25, 0.3) is 5.91 Å². The largest absolute Gasteiger partial charge is 0.348 e. The van der Waals surface area contributed by atoms with Gasteiger partial charge in [0.15, 0.2) is 5.69 Å². The zero-order chi connectivity index (χ0) is 16.2. The van der Waals surface area contributed by atoms with Crippen molar-refractivity contribution in [2.45, 2.75) is 38.6 Å². The van der Waals surface area contributed by atoms with Crippen LogP contribution in [0, 0.1) is 12.8 Å². The maximum Gasteiger partial charge on any atom is 0.272 e. The van der Waals surface area contributed by atoms with E-state index in [0.717, 1.165) is 30.6 Å². The third kappa shape index (κ3) is 3.45. The molecule has 122 valence electrons. The lowest BCUT2D eigenvalue weighted by Gasteiger charge is -2.31. The Kier molecular flexibility index (Phi) is 4.76. The normalized spacial score (nSPS) is 21.1.